The van der Waals surface area contributed by atoms with E-state index < -0.39 is 5.82 Å². The second-order valence-electron chi connectivity index (χ2n) is 20.7. The number of anilines is 2. The van der Waals surface area contributed by atoms with Crippen molar-refractivity contribution in [3.63, 3.8) is 0 Å². The summed E-state index contributed by atoms with van der Waals surface area (Å²) in [6.07, 6.45) is 7.49. The number of phenolic OH excluding ortho intramolecular Hbond substituents is 1. The van der Waals surface area contributed by atoms with Crippen LogP contribution in [0.25, 0.3) is 11.3 Å². The lowest BCUT2D eigenvalue weighted by Crippen LogP contribution is -2.51. The number of nitrogens with zero attached hydrogens (tertiary/aromatic N) is 7. The fourth-order valence-corrected chi connectivity index (χ4v) is 11.5. The lowest BCUT2D eigenvalue weighted by Gasteiger charge is -2.41. The Labute approximate surface area is 433 Å². The smallest absolute Gasteiger partial charge is 0.264 e. The van der Waals surface area contributed by atoms with Gasteiger partial charge in [-0.25, -0.2) is 4.39 Å². The molecule has 13 nitrogen and oxygen atoms in total. The van der Waals surface area contributed by atoms with E-state index in [0.29, 0.717) is 94.2 Å². The minimum atomic E-state index is -0.480. The quantitative estimate of drug-likeness (QED) is 0.121. The van der Waals surface area contributed by atoms with Gasteiger partial charge in [0, 0.05) is 99.5 Å². The Balaban J connectivity index is 0.993. The average molecular weight is 1000 g/mol. The molecule has 1 N–H and O–H groups in total. The van der Waals surface area contributed by atoms with Gasteiger partial charge in [0.2, 0.25) is 5.91 Å². The fraction of sp³-hybridized carbons (Fsp3) is 0.400. The Morgan fingerprint density at radius 1 is 0.824 bits per heavy atom. The van der Waals surface area contributed by atoms with Gasteiger partial charge in [0.15, 0.2) is 0 Å². The lowest BCUT2D eigenvalue weighted by atomic mass is 9.89. The number of amides is 3. The van der Waals surface area contributed by atoms with Crippen LogP contribution in [0.1, 0.15) is 104 Å². The van der Waals surface area contributed by atoms with Crippen LogP contribution in [0.3, 0.4) is 0 Å². The number of benzene rings is 4. The zero-order valence-electron chi connectivity index (χ0n) is 43.0. The van der Waals surface area contributed by atoms with Gasteiger partial charge in [-0.05, 0) is 160 Å². The summed E-state index contributed by atoms with van der Waals surface area (Å²) in [7, 11) is 3.69. The van der Waals surface area contributed by atoms with Crippen molar-refractivity contribution in [1.29, 1.82) is 5.26 Å². The van der Waals surface area contributed by atoms with Gasteiger partial charge >= 0.3 is 0 Å². The number of likely N-dealkylation sites (tertiary alicyclic amines) is 1. The number of carbonyl (C=O) groups is 3. The van der Waals surface area contributed by atoms with E-state index in [1.165, 1.54) is 30.2 Å². The number of hydrogen-bond acceptors (Lipinski definition) is 8. The third-order valence-electron chi connectivity index (χ3n) is 16.2. The number of halogens is 1. The van der Waals surface area contributed by atoms with Crippen LogP contribution in [0.15, 0.2) is 91.0 Å². The van der Waals surface area contributed by atoms with Gasteiger partial charge in [-0.2, -0.15) is 5.26 Å². The molecule has 14 heteroatoms. The van der Waals surface area contributed by atoms with Crippen LogP contribution in [-0.2, 0) is 56.0 Å². The molecule has 3 amide bonds. The van der Waals surface area contributed by atoms with Crippen molar-refractivity contribution in [3.8, 4) is 28.8 Å². The molecule has 0 aliphatic carbocycles. The summed E-state index contributed by atoms with van der Waals surface area (Å²) >= 11 is 0. The number of fused-ring (bicyclic) bond motifs is 2. The molecule has 0 unspecified atom stereocenters. The van der Waals surface area contributed by atoms with Crippen LogP contribution < -0.4 is 9.64 Å². The van der Waals surface area contributed by atoms with Gasteiger partial charge in [-0.15, -0.1) is 0 Å². The standard InChI is InChI=1S/C60H66FN7O6/c1-39-52(60(72)68(47-13-15-50(69)16-14-47)56-32-48(35-62)63(3)40(56)2)34-57(64(39)4)53-29-43-18-24-66(58(70)31-44-12-17-51(33-55(44)61)74-27-21-41-19-25-73-26-20-41)36-46(43)30-54(53)59(71)67-37-45-11-7-6-10-42(45)28-49(67)38-65-22-8-5-9-23-65/h6-7,10-17,29-30,32-34,41,49,69H,5,8-9,18-28,31,36-38H2,1-4H3/t49-/m0/s1. The molecule has 4 aromatic carbocycles. The molecule has 74 heavy (non-hydrogen) atoms. The monoisotopic (exact) mass is 1000 g/mol. The number of piperidine rings is 1. The van der Waals surface area contributed by atoms with Crippen LogP contribution in [0, 0.1) is 36.9 Å². The summed E-state index contributed by atoms with van der Waals surface area (Å²) in [6.45, 7) is 9.62. The summed E-state index contributed by atoms with van der Waals surface area (Å²) in [4.78, 5) is 53.0. The Morgan fingerprint density at radius 2 is 1.58 bits per heavy atom. The highest BCUT2D eigenvalue weighted by molar-refractivity contribution is 6.13. The molecule has 2 saturated heterocycles. The first-order valence-electron chi connectivity index (χ1n) is 26.2. The highest BCUT2D eigenvalue weighted by atomic mass is 19.1. The Morgan fingerprint density at radius 3 is 2.31 bits per heavy atom. The van der Waals surface area contributed by atoms with Gasteiger partial charge in [-0.3, -0.25) is 19.3 Å². The normalized spacial score (nSPS) is 17.1. The molecule has 6 aromatic rings. The largest absolute Gasteiger partial charge is 0.508 e. The third-order valence-corrected chi connectivity index (χ3v) is 16.2. The predicted molar refractivity (Wildman–Crippen MR) is 282 cm³/mol. The summed E-state index contributed by atoms with van der Waals surface area (Å²) in [6, 6.07) is 29.3. The summed E-state index contributed by atoms with van der Waals surface area (Å²) < 4.78 is 30.7. The molecule has 0 radical (unpaired) electrons. The summed E-state index contributed by atoms with van der Waals surface area (Å²) in [5, 5.41) is 20.3. The van der Waals surface area contributed by atoms with Gasteiger partial charge in [0.25, 0.3) is 11.8 Å². The number of rotatable bonds is 13. The van der Waals surface area contributed by atoms with Gasteiger partial charge in [-0.1, -0.05) is 36.8 Å². The Hall–Kier alpha value is -7.21. The number of ether oxygens (including phenoxy) is 2. The first kappa shape index (κ1) is 50.3. The molecular formula is C60H66FN7O6. The predicted octanol–water partition coefficient (Wildman–Crippen LogP) is 9.72. The van der Waals surface area contributed by atoms with E-state index in [1.807, 2.05) is 48.6 Å². The molecular weight excluding hydrogens is 934 g/mol. The summed E-state index contributed by atoms with van der Waals surface area (Å²) in [5.74, 6) is -0.114. The molecule has 4 aliphatic rings. The number of nitriles is 1. The van der Waals surface area contributed by atoms with Crippen molar-refractivity contribution in [2.45, 2.75) is 90.8 Å². The highest BCUT2D eigenvalue weighted by Crippen LogP contribution is 2.39. The van der Waals surface area contributed by atoms with Gasteiger partial charge in [0.05, 0.1) is 24.3 Å². The molecule has 6 heterocycles. The van der Waals surface area contributed by atoms with E-state index in [2.05, 4.69) is 35.2 Å². The first-order valence-corrected chi connectivity index (χ1v) is 26.2. The van der Waals surface area contributed by atoms with Crippen molar-refractivity contribution in [3.05, 3.63) is 153 Å². The van der Waals surface area contributed by atoms with Crippen molar-refractivity contribution in [2.75, 3.05) is 50.9 Å². The molecule has 2 aromatic heterocycles. The highest BCUT2D eigenvalue weighted by Gasteiger charge is 2.36. The molecule has 2 fully saturated rings. The van der Waals surface area contributed by atoms with Crippen molar-refractivity contribution in [1.82, 2.24) is 23.8 Å². The van der Waals surface area contributed by atoms with Crippen LogP contribution in [0.5, 0.6) is 11.5 Å². The molecule has 10 rings (SSSR count). The summed E-state index contributed by atoms with van der Waals surface area (Å²) in [5.41, 5.74) is 9.56. The van der Waals surface area contributed by atoms with E-state index >= 15 is 14.0 Å². The molecule has 0 saturated carbocycles. The average Bonchev–Trinajstić information content (AvgIpc) is 3.88. The lowest BCUT2D eigenvalue weighted by molar-refractivity contribution is -0.131. The maximum absolute atomic E-state index is 15.8. The SMILES string of the molecule is Cc1c(N(C(=O)c2cc(-c3cc4c(cc3C(=O)N3Cc5ccccc5C[C@H]3CN3CCCCC3)CN(C(=O)Cc3ccc(OCCC5CCOCC5)cc3F)CC4)n(C)c2C)c2ccc(O)cc2)cc(C#N)n1C. The van der Waals surface area contributed by atoms with E-state index in [4.69, 9.17) is 9.47 Å². The number of aromatic nitrogens is 2. The molecule has 384 valence electrons. The van der Waals surface area contributed by atoms with Crippen molar-refractivity contribution < 1.29 is 33.4 Å². The van der Waals surface area contributed by atoms with E-state index in [0.717, 1.165) is 88.1 Å². The molecule has 1 atom stereocenters. The maximum atomic E-state index is 15.8. The zero-order valence-corrected chi connectivity index (χ0v) is 43.0. The minimum absolute atomic E-state index is 0.0517. The number of hydrogen-bond donors (Lipinski definition) is 1. The van der Waals surface area contributed by atoms with Crippen molar-refractivity contribution in [2.24, 2.45) is 20.0 Å². The topological polar surface area (TPSA) is 137 Å². The van der Waals surface area contributed by atoms with Crippen molar-refractivity contribution >= 4 is 29.1 Å². The van der Waals surface area contributed by atoms with Crippen LogP contribution in [-0.4, -0.2) is 98.7 Å². The Kier molecular flexibility index (Phi) is 14.8. The molecule has 0 spiro atoms. The third kappa shape index (κ3) is 10.3. The number of carbonyl (C=O) groups excluding carboxylic acids is 3. The number of aromatic hydroxyl groups is 1. The van der Waals surface area contributed by atoms with Gasteiger partial charge in [0.1, 0.15) is 29.1 Å². The molecule has 4 aliphatic heterocycles. The Bertz CT molecular complexity index is 3120. The zero-order chi connectivity index (χ0) is 51.6. The number of phenols is 1. The fourth-order valence-electron chi connectivity index (χ4n) is 11.5. The van der Waals surface area contributed by atoms with Gasteiger partial charge < -0.3 is 38.4 Å². The van der Waals surface area contributed by atoms with E-state index in [-0.39, 0.29) is 42.5 Å². The van der Waals surface area contributed by atoms with Crippen LogP contribution in [0.4, 0.5) is 15.8 Å². The van der Waals surface area contributed by atoms with Crippen LogP contribution >= 0.6 is 0 Å². The first-order chi connectivity index (χ1) is 35.8. The van der Waals surface area contributed by atoms with E-state index in [1.54, 1.807) is 51.7 Å². The minimum Gasteiger partial charge on any atom is -0.508 e. The second kappa shape index (κ2) is 21.7. The molecule has 0 bridgehead atoms. The van der Waals surface area contributed by atoms with E-state index in [9.17, 15) is 15.2 Å². The maximum Gasteiger partial charge on any atom is 0.264 e. The van der Waals surface area contributed by atoms with Crippen LogP contribution in [0.2, 0.25) is 0 Å². The second-order valence-corrected chi connectivity index (χ2v) is 20.7.